The van der Waals surface area contributed by atoms with Crippen molar-refractivity contribution in [1.82, 2.24) is 5.32 Å². The highest BCUT2D eigenvalue weighted by Gasteiger charge is 2.08. The van der Waals surface area contributed by atoms with Gasteiger partial charge in [-0.05, 0) is 30.9 Å². The van der Waals surface area contributed by atoms with Crippen LogP contribution in [0.25, 0.3) is 0 Å². The van der Waals surface area contributed by atoms with Gasteiger partial charge < -0.3 is 10.1 Å². The second-order valence-corrected chi connectivity index (χ2v) is 4.55. The van der Waals surface area contributed by atoms with Gasteiger partial charge in [-0.2, -0.15) is 11.8 Å². The second-order valence-electron chi connectivity index (χ2n) is 3.56. The number of benzene rings is 1. The van der Waals surface area contributed by atoms with Gasteiger partial charge in [-0.3, -0.25) is 0 Å². The molecule has 1 aromatic carbocycles. The van der Waals surface area contributed by atoms with Crippen LogP contribution in [0.2, 0.25) is 0 Å². The first-order chi connectivity index (χ1) is 7.69. The zero-order chi connectivity index (χ0) is 12.0. The lowest BCUT2D eigenvalue weighted by atomic mass is 10.1. The summed E-state index contributed by atoms with van der Waals surface area (Å²) in [7, 11) is 1.47. The lowest BCUT2D eigenvalue weighted by Gasteiger charge is -2.14. The van der Waals surface area contributed by atoms with Gasteiger partial charge in [0.15, 0.2) is 11.6 Å². The van der Waals surface area contributed by atoms with Gasteiger partial charge in [-0.15, -0.1) is 0 Å². The fourth-order valence-electron chi connectivity index (χ4n) is 1.45. The van der Waals surface area contributed by atoms with Gasteiger partial charge in [0.25, 0.3) is 0 Å². The van der Waals surface area contributed by atoms with Crippen LogP contribution in [0, 0.1) is 5.82 Å². The molecular formula is C12H18FNOS. The largest absolute Gasteiger partial charge is 0.494 e. The maximum absolute atomic E-state index is 13.4. The number of halogens is 1. The smallest absolute Gasteiger partial charge is 0.165 e. The maximum Gasteiger partial charge on any atom is 0.165 e. The van der Waals surface area contributed by atoms with E-state index in [9.17, 15) is 4.39 Å². The molecule has 2 nitrogen and oxygen atoms in total. The van der Waals surface area contributed by atoms with Gasteiger partial charge in [-0.1, -0.05) is 6.07 Å². The molecule has 1 rings (SSSR count). The van der Waals surface area contributed by atoms with Gasteiger partial charge in [-0.25, -0.2) is 4.39 Å². The molecule has 1 unspecified atom stereocenters. The fourth-order valence-corrected chi connectivity index (χ4v) is 1.77. The van der Waals surface area contributed by atoms with E-state index in [1.807, 2.05) is 13.0 Å². The topological polar surface area (TPSA) is 21.3 Å². The third-order valence-electron chi connectivity index (χ3n) is 2.43. The molecule has 16 heavy (non-hydrogen) atoms. The van der Waals surface area contributed by atoms with Crippen molar-refractivity contribution in [3.8, 4) is 5.75 Å². The van der Waals surface area contributed by atoms with Crippen LogP contribution in [0.1, 0.15) is 18.5 Å². The van der Waals surface area contributed by atoms with E-state index in [1.165, 1.54) is 13.2 Å². The molecule has 0 saturated carbocycles. The van der Waals surface area contributed by atoms with E-state index in [1.54, 1.807) is 17.8 Å². The molecule has 0 spiro atoms. The Hall–Kier alpha value is -0.740. The quantitative estimate of drug-likeness (QED) is 0.776. The predicted octanol–water partition coefficient (Wildman–Crippen LogP) is 2.85. The summed E-state index contributed by atoms with van der Waals surface area (Å²) >= 11 is 1.79. The zero-order valence-corrected chi connectivity index (χ0v) is 10.7. The molecule has 4 heteroatoms. The van der Waals surface area contributed by atoms with Crippen LogP contribution in [-0.2, 0) is 0 Å². The van der Waals surface area contributed by atoms with Crippen LogP contribution in [0.5, 0.6) is 5.75 Å². The third kappa shape index (κ3) is 3.68. The number of methoxy groups -OCH3 is 1. The molecule has 0 fully saturated rings. The number of hydrogen-bond acceptors (Lipinski definition) is 3. The fraction of sp³-hybridized carbons (Fsp3) is 0.500. The summed E-state index contributed by atoms with van der Waals surface area (Å²) in [6.45, 7) is 2.96. The Labute approximate surface area is 101 Å². The molecule has 90 valence electrons. The van der Waals surface area contributed by atoms with Crippen molar-refractivity contribution in [3.05, 3.63) is 29.6 Å². The minimum Gasteiger partial charge on any atom is -0.494 e. The van der Waals surface area contributed by atoms with Gasteiger partial charge >= 0.3 is 0 Å². The number of nitrogens with one attached hydrogen (secondary N) is 1. The van der Waals surface area contributed by atoms with Gasteiger partial charge in [0.2, 0.25) is 0 Å². The van der Waals surface area contributed by atoms with Gasteiger partial charge in [0, 0.05) is 18.3 Å². The Balaban J connectivity index is 2.62. The molecule has 0 aliphatic carbocycles. The first-order valence-corrected chi connectivity index (χ1v) is 6.64. The van der Waals surface area contributed by atoms with E-state index in [4.69, 9.17) is 4.74 Å². The Morgan fingerprint density at radius 1 is 1.50 bits per heavy atom. The Morgan fingerprint density at radius 2 is 2.25 bits per heavy atom. The second kappa shape index (κ2) is 6.76. The average molecular weight is 243 g/mol. The van der Waals surface area contributed by atoms with Crippen LogP contribution >= 0.6 is 11.8 Å². The van der Waals surface area contributed by atoms with Crippen molar-refractivity contribution < 1.29 is 9.13 Å². The molecular weight excluding hydrogens is 225 g/mol. The van der Waals surface area contributed by atoms with Crippen molar-refractivity contribution in [1.29, 1.82) is 0 Å². The van der Waals surface area contributed by atoms with Crippen LogP contribution in [0.3, 0.4) is 0 Å². The van der Waals surface area contributed by atoms with Crippen molar-refractivity contribution in [2.24, 2.45) is 0 Å². The molecule has 0 amide bonds. The first kappa shape index (κ1) is 13.3. The number of ether oxygens (including phenoxy) is 1. The van der Waals surface area contributed by atoms with E-state index >= 15 is 0 Å². The highest BCUT2D eigenvalue weighted by molar-refractivity contribution is 7.98. The minimum atomic E-state index is -0.307. The van der Waals surface area contributed by atoms with Crippen molar-refractivity contribution in [3.63, 3.8) is 0 Å². The first-order valence-electron chi connectivity index (χ1n) is 5.24. The molecule has 0 saturated heterocycles. The minimum absolute atomic E-state index is 0.160. The molecule has 1 aromatic rings. The Bertz CT molecular complexity index is 333. The summed E-state index contributed by atoms with van der Waals surface area (Å²) in [5, 5.41) is 3.34. The monoisotopic (exact) mass is 243 g/mol. The molecule has 1 N–H and O–H groups in total. The number of thioether (sulfide) groups is 1. The molecule has 0 heterocycles. The Kier molecular flexibility index (Phi) is 5.63. The normalized spacial score (nSPS) is 12.5. The van der Waals surface area contributed by atoms with E-state index in [2.05, 4.69) is 11.6 Å². The van der Waals surface area contributed by atoms with Crippen LogP contribution < -0.4 is 10.1 Å². The molecule has 0 aromatic heterocycles. The van der Waals surface area contributed by atoms with Crippen LogP contribution in [0.4, 0.5) is 4.39 Å². The van der Waals surface area contributed by atoms with Crippen LogP contribution in [-0.4, -0.2) is 25.7 Å². The van der Waals surface area contributed by atoms with Crippen molar-refractivity contribution in [2.45, 2.75) is 13.0 Å². The SMILES string of the molecule is COc1ccc(C(C)NCCSC)cc1F. The van der Waals surface area contributed by atoms with Gasteiger partial charge in [0.1, 0.15) is 0 Å². The number of hydrogen-bond donors (Lipinski definition) is 1. The lowest BCUT2D eigenvalue weighted by molar-refractivity contribution is 0.385. The molecule has 1 atom stereocenters. The van der Waals surface area contributed by atoms with E-state index < -0.39 is 0 Å². The summed E-state index contributed by atoms with van der Waals surface area (Å²) in [6, 6.07) is 5.23. The zero-order valence-electron chi connectivity index (χ0n) is 9.92. The highest BCUT2D eigenvalue weighted by Crippen LogP contribution is 2.21. The summed E-state index contributed by atoms with van der Waals surface area (Å²) in [5.41, 5.74) is 0.944. The standard InChI is InChI=1S/C12H18FNOS/c1-9(14-6-7-16-3)10-4-5-12(15-2)11(13)8-10/h4-5,8-9,14H,6-7H2,1-3H3. The van der Waals surface area contributed by atoms with Gasteiger partial charge in [0.05, 0.1) is 7.11 Å². The van der Waals surface area contributed by atoms with E-state index in [0.29, 0.717) is 5.75 Å². The summed E-state index contributed by atoms with van der Waals surface area (Å²) < 4.78 is 18.3. The predicted molar refractivity (Wildman–Crippen MR) is 67.8 cm³/mol. The Morgan fingerprint density at radius 3 is 2.81 bits per heavy atom. The van der Waals surface area contributed by atoms with Crippen LogP contribution in [0.15, 0.2) is 18.2 Å². The third-order valence-corrected chi connectivity index (χ3v) is 3.04. The molecule has 0 aliphatic rings. The average Bonchev–Trinajstić information content (AvgIpc) is 2.29. The number of rotatable bonds is 6. The summed E-state index contributed by atoms with van der Waals surface area (Å²) in [6.07, 6.45) is 2.07. The van der Waals surface area contributed by atoms with Crippen molar-refractivity contribution in [2.75, 3.05) is 25.7 Å². The van der Waals surface area contributed by atoms with Crippen molar-refractivity contribution >= 4 is 11.8 Å². The molecule has 0 radical (unpaired) electrons. The summed E-state index contributed by atoms with van der Waals surface area (Å²) in [4.78, 5) is 0. The maximum atomic E-state index is 13.4. The van der Waals surface area contributed by atoms with E-state index in [0.717, 1.165) is 17.9 Å². The highest BCUT2D eigenvalue weighted by atomic mass is 32.2. The molecule has 0 bridgehead atoms. The van der Waals surface area contributed by atoms with E-state index in [-0.39, 0.29) is 11.9 Å². The summed E-state index contributed by atoms with van der Waals surface area (Å²) in [5.74, 6) is 1.04. The molecule has 0 aliphatic heterocycles. The lowest BCUT2D eigenvalue weighted by Crippen LogP contribution is -2.21.